The molecule has 0 amide bonds. The van der Waals surface area contributed by atoms with E-state index in [1.54, 1.807) is 0 Å². The summed E-state index contributed by atoms with van der Waals surface area (Å²) in [5.41, 5.74) is 36.5. The SMILES string of the molecule is Cn1c2ccc(-c3ccccc3)cc2c2cc(-c3ccc4c(c3)c3cc(-c5ccccc5)cc5c6ccccc6n4c53)ccc21.Cn1c2ccc(-c3ccccc3)cc2c2cc(-c3ccc4c(c3)c3cccc5c6ccccc6n4c53)ccc21.Cn1c2ccccc2c2cc(-c3ccc4c(c3)c3cccc5c6ccc(-c7ccccc7)cc6n4c35)ccc21. The van der Waals surface area contributed by atoms with E-state index in [4.69, 9.17) is 0 Å². The Morgan fingerprint density at radius 2 is 0.309 bits per heavy atom. The van der Waals surface area contributed by atoms with Gasteiger partial charge in [-0.15, -0.1) is 0 Å². The largest absolute Gasteiger partial charge is 0.344 e. The van der Waals surface area contributed by atoms with Crippen molar-refractivity contribution in [3.05, 3.63) is 406 Å². The molecule has 0 radical (unpaired) electrons. The summed E-state index contributed by atoms with van der Waals surface area (Å²) in [6.45, 7) is 0. The van der Waals surface area contributed by atoms with Crippen molar-refractivity contribution in [2.45, 2.75) is 0 Å². The third-order valence-electron chi connectivity index (χ3n) is 27.2. The van der Waals surface area contributed by atoms with Crippen LogP contribution < -0.4 is 0 Å². The Balaban J connectivity index is 0.0000000993. The highest BCUT2D eigenvalue weighted by atomic mass is 15.0. The number of hydrogen-bond donors (Lipinski definition) is 0. The van der Waals surface area contributed by atoms with Crippen molar-refractivity contribution >= 4 is 180 Å². The molecule has 19 aromatic carbocycles. The minimum atomic E-state index is 1.24. The minimum absolute atomic E-state index is 1.24. The Bertz CT molecular complexity index is 9210. The fourth-order valence-electron chi connectivity index (χ4n) is 21.3. The van der Waals surface area contributed by atoms with Crippen LogP contribution in [0.15, 0.2) is 406 Å². The van der Waals surface area contributed by atoms with Crippen LogP contribution >= 0.6 is 0 Å². The van der Waals surface area contributed by atoms with Gasteiger partial charge < -0.3 is 26.9 Å². The molecule has 0 unspecified atom stereocenters. The third kappa shape index (κ3) is 10.3. The number of benzene rings is 19. The summed E-state index contributed by atoms with van der Waals surface area (Å²) in [6.07, 6.45) is 0. The van der Waals surface area contributed by atoms with Gasteiger partial charge in [-0.2, -0.15) is 0 Å². The lowest BCUT2D eigenvalue weighted by atomic mass is 9.97. The zero-order valence-corrected chi connectivity index (χ0v) is 67.9. The van der Waals surface area contributed by atoms with Crippen molar-refractivity contribution in [1.82, 2.24) is 26.9 Å². The van der Waals surface area contributed by atoms with E-state index in [1.807, 2.05) is 0 Å². The van der Waals surface area contributed by atoms with Crippen molar-refractivity contribution in [2.75, 3.05) is 0 Å². The molecule has 0 saturated heterocycles. The molecule has 574 valence electrons. The van der Waals surface area contributed by atoms with Crippen LogP contribution in [-0.4, -0.2) is 26.9 Å². The molecule has 123 heavy (non-hydrogen) atoms. The summed E-state index contributed by atoms with van der Waals surface area (Å²) < 4.78 is 14.3. The molecular weight excluding hydrogens is 1490 g/mol. The smallest absolute Gasteiger partial charge is 0.0620 e. The molecule has 28 rings (SSSR count). The molecule has 9 heterocycles. The van der Waals surface area contributed by atoms with Crippen LogP contribution in [0.4, 0.5) is 0 Å². The molecule has 0 bridgehead atoms. The quantitative estimate of drug-likeness (QED) is 0.152. The van der Waals surface area contributed by atoms with Crippen LogP contribution in [0.3, 0.4) is 0 Å². The fourth-order valence-corrected chi connectivity index (χ4v) is 21.3. The molecule has 0 fully saturated rings. The predicted octanol–water partition coefficient (Wildman–Crippen LogP) is 31.1. The van der Waals surface area contributed by atoms with Gasteiger partial charge in [0.05, 0.1) is 49.7 Å². The Morgan fingerprint density at radius 1 is 0.114 bits per heavy atom. The van der Waals surface area contributed by atoms with Gasteiger partial charge in [-0.3, -0.25) is 0 Å². The van der Waals surface area contributed by atoms with Crippen LogP contribution in [0, 0.1) is 0 Å². The molecule has 0 aliphatic heterocycles. The van der Waals surface area contributed by atoms with Crippen LogP contribution in [0.25, 0.3) is 258 Å². The normalized spacial score (nSPS) is 12.2. The highest BCUT2D eigenvalue weighted by Gasteiger charge is 2.25. The van der Waals surface area contributed by atoms with Crippen LogP contribution in [-0.2, 0) is 21.1 Å². The van der Waals surface area contributed by atoms with E-state index in [1.165, 1.54) is 258 Å². The van der Waals surface area contributed by atoms with Crippen molar-refractivity contribution in [2.24, 2.45) is 21.1 Å². The molecular formula is C117H76N6. The maximum atomic E-state index is 2.47. The number of hydrogen-bond acceptors (Lipinski definition) is 0. The molecule has 6 heteroatoms. The Kier molecular flexibility index (Phi) is 14.9. The number of aryl methyl sites for hydroxylation is 3. The van der Waals surface area contributed by atoms with Crippen molar-refractivity contribution in [3.63, 3.8) is 0 Å². The first-order valence-corrected chi connectivity index (χ1v) is 42.6. The molecule has 6 nitrogen and oxygen atoms in total. The zero-order chi connectivity index (χ0) is 81.0. The van der Waals surface area contributed by atoms with Gasteiger partial charge in [0.25, 0.3) is 0 Å². The zero-order valence-electron chi connectivity index (χ0n) is 67.9. The highest BCUT2D eigenvalue weighted by molar-refractivity contribution is 6.28. The predicted molar refractivity (Wildman–Crippen MR) is 523 cm³/mol. The summed E-state index contributed by atoms with van der Waals surface area (Å²) in [4.78, 5) is 0. The van der Waals surface area contributed by atoms with E-state index in [-0.39, 0.29) is 0 Å². The van der Waals surface area contributed by atoms with E-state index in [0.717, 1.165) is 0 Å². The lowest BCUT2D eigenvalue weighted by Crippen LogP contribution is -1.86. The lowest BCUT2D eigenvalue weighted by molar-refractivity contribution is 1.01. The van der Waals surface area contributed by atoms with Gasteiger partial charge in [0.2, 0.25) is 0 Å². The molecule has 0 aliphatic rings. The van der Waals surface area contributed by atoms with Crippen LogP contribution in [0.2, 0.25) is 0 Å². The van der Waals surface area contributed by atoms with Gasteiger partial charge in [0.15, 0.2) is 0 Å². The Hall–Kier alpha value is -16.0. The Labute approximate surface area is 707 Å². The van der Waals surface area contributed by atoms with Crippen molar-refractivity contribution in [3.8, 4) is 77.9 Å². The molecule has 0 saturated carbocycles. The average molecular weight is 1570 g/mol. The molecule has 0 aliphatic carbocycles. The Morgan fingerprint density at radius 3 is 0.683 bits per heavy atom. The van der Waals surface area contributed by atoms with Gasteiger partial charge >= 0.3 is 0 Å². The van der Waals surface area contributed by atoms with Gasteiger partial charge in [-0.05, 0) is 211 Å². The molecule has 0 N–H and O–H groups in total. The van der Waals surface area contributed by atoms with Crippen LogP contribution in [0.1, 0.15) is 0 Å². The maximum Gasteiger partial charge on any atom is 0.0620 e. The molecule has 28 aromatic rings. The van der Waals surface area contributed by atoms with E-state index in [9.17, 15) is 0 Å². The number of nitrogens with zero attached hydrogens (tertiary/aromatic N) is 6. The summed E-state index contributed by atoms with van der Waals surface area (Å²) in [6, 6.07) is 150. The third-order valence-corrected chi connectivity index (χ3v) is 27.2. The number of aromatic nitrogens is 6. The fraction of sp³-hybridized carbons (Fsp3) is 0.0256. The molecule has 0 spiro atoms. The van der Waals surface area contributed by atoms with Crippen molar-refractivity contribution in [1.29, 1.82) is 0 Å². The number of fused-ring (bicyclic) bond motifs is 27. The van der Waals surface area contributed by atoms with E-state index >= 15 is 0 Å². The average Bonchev–Trinajstić information content (AvgIpc) is 1.53. The summed E-state index contributed by atoms with van der Waals surface area (Å²) >= 11 is 0. The monoisotopic (exact) mass is 1560 g/mol. The molecule has 9 aromatic heterocycles. The van der Waals surface area contributed by atoms with E-state index in [0.29, 0.717) is 0 Å². The van der Waals surface area contributed by atoms with Crippen molar-refractivity contribution < 1.29 is 0 Å². The topological polar surface area (TPSA) is 28.0 Å². The first-order chi connectivity index (χ1) is 60.7. The standard InChI is InChI=1S/C43H28N2.2C37H24N2/c1-44-39-19-16-29(27-10-4-2-5-11-27)22-34(39)35-23-30(17-20-40(35)44)31-18-21-42-36(24-31)38-26-32(28-12-6-3-7-13-28)25-37-33-14-8-9-15-41(33)45(42)43(37)38;1-38-33-13-6-5-10-27(33)31-20-24(15-18-34(31)38)25-16-19-35-32(21-25)30-12-7-11-29-28-17-14-26(23-8-3-2-4-9-23)22-36(28)39(35)37(29)30;1-38-33-17-14-24(23-8-3-2-4-9-23)20-31(33)32-22-25(15-18-34(32)38)26-16-19-36-30(21-26)29-12-7-11-28-27-10-5-6-13-35(27)39(36)37(28)29/h2-26H,1H3;2*2-22H,1H3. The summed E-state index contributed by atoms with van der Waals surface area (Å²) in [5.74, 6) is 0. The second-order valence-electron chi connectivity index (χ2n) is 33.6. The van der Waals surface area contributed by atoms with Gasteiger partial charge in [0, 0.05) is 151 Å². The lowest BCUT2D eigenvalue weighted by Gasteiger charge is -2.06. The first kappa shape index (κ1) is 69.0. The van der Waals surface area contributed by atoms with E-state index < -0.39 is 0 Å². The second-order valence-corrected chi connectivity index (χ2v) is 33.6. The number of para-hydroxylation sites is 5. The second kappa shape index (κ2) is 26.5. The highest BCUT2D eigenvalue weighted by Crippen LogP contribution is 2.48. The minimum Gasteiger partial charge on any atom is -0.344 e. The molecule has 0 atom stereocenters. The van der Waals surface area contributed by atoms with Crippen LogP contribution in [0.5, 0.6) is 0 Å². The van der Waals surface area contributed by atoms with Gasteiger partial charge in [-0.1, -0.05) is 273 Å². The summed E-state index contributed by atoms with van der Waals surface area (Å²) in [7, 11) is 6.50. The summed E-state index contributed by atoms with van der Waals surface area (Å²) in [5, 5.41) is 23.5. The number of rotatable bonds is 7. The first-order valence-electron chi connectivity index (χ1n) is 42.6. The van der Waals surface area contributed by atoms with Gasteiger partial charge in [0.1, 0.15) is 0 Å². The maximum absolute atomic E-state index is 2.47. The van der Waals surface area contributed by atoms with Gasteiger partial charge in [-0.25, -0.2) is 0 Å². The van der Waals surface area contributed by atoms with E-state index in [2.05, 4.69) is 454 Å².